The molecule has 1 atom stereocenters. The molecule has 2 rings (SSSR count). The first-order valence-corrected chi connectivity index (χ1v) is 6.82. The second kappa shape index (κ2) is 6.47. The van der Waals surface area contributed by atoms with E-state index in [1.54, 1.807) is 26.1 Å². The lowest BCUT2D eigenvalue weighted by Gasteiger charge is -2.21. The second-order valence-electron chi connectivity index (χ2n) is 5.17. The molecule has 1 amide bonds. The minimum Gasteiger partial charge on any atom is -0.486 e. The van der Waals surface area contributed by atoms with Gasteiger partial charge in [0, 0.05) is 13.6 Å². The van der Waals surface area contributed by atoms with E-state index in [1.165, 1.54) is 4.90 Å². The van der Waals surface area contributed by atoms with Crippen molar-refractivity contribution in [1.29, 1.82) is 0 Å². The van der Waals surface area contributed by atoms with E-state index in [-0.39, 0.29) is 18.9 Å². The number of aliphatic carboxylic acids is 1. The molecule has 1 aliphatic rings. The smallest absolute Gasteiger partial charge is 0.308 e. The number of carboxylic acid groups (broad SMARTS) is 1. The van der Waals surface area contributed by atoms with E-state index in [9.17, 15) is 9.59 Å². The van der Waals surface area contributed by atoms with Gasteiger partial charge in [-0.25, -0.2) is 0 Å². The molecule has 1 aromatic rings. The lowest BCUT2D eigenvalue weighted by molar-refractivity contribution is -0.142. The Morgan fingerprint density at radius 2 is 1.95 bits per heavy atom. The fourth-order valence-corrected chi connectivity index (χ4v) is 2.10. The van der Waals surface area contributed by atoms with E-state index < -0.39 is 11.9 Å². The molecule has 6 heteroatoms. The van der Waals surface area contributed by atoms with E-state index in [4.69, 9.17) is 14.6 Å². The number of hydrogen-bond acceptors (Lipinski definition) is 4. The van der Waals surface area contributed by atoms with E-state index >= 15 is 0 Å². The maximum absolute atomic E-state index is 12.1. The highest BCUT2D eigenvalue weighted by atomic mass is 16.6. The van der Waals surface area contributed by atoms with E-state index in [1.807, 2.05) is 6.07 Å². The normalized spacial score (nSPS) is 14.4. The van der Waals surface area contributed by atoms with Crippen molar-refractivity contribution in [3.8, 4) is 11.5 Å². The van der Waals surface area contributed by atoms with Gasteiger partial charge in [0.2, 0.25) is 5.91 Å². The van der Waals surface area contributed by atoms with Gasteiger partial charge >= 0.3 is 5.97 Å². The molecule has 1 heterocycles. The zero-order valence-corrected chi connectivity index (χ0v) is 12.2. The molecule has 0 saturated carbocycles. The number of carboxylic acids is 1. The lowest BCUT2D eigenvalue weighted by atomic mass is 10.1. The Morgan fingerprint density at radius 1 is 1.29 bits per heavy atom. The highest BCUT2D eigenvalue weighted by Crippen LogP contribution is 2.30. The largest absolute Gasteiger partial charge is 0.486 e. The Bertz CT molecular complexity index is 543. The Balaban J connectivity index is 1.97. The molecule has 0 saturated heterocycles. The van der Waals surface area contributed by atoms with E-state index in [2.05, 4.69) is 0 Å². The van der Waals surface area contributed by atoms with Crippen molar-refractivity contribution in [2.45, 2.75) is 13.3 Å². The van der Waals surface area contributed by atoms with Gasteiger partial charge < -0.3 is 19.5 Å². The quantitative estimate of drug-likeness (QED) is 0.882. The third-order valence-electron chi connectivity index (χ3n) is 3.36. The van der Waals surface area contributed by atoms with Crippen LogP contribution in [0.2, 0.25) is 0 Å². The maximum Gasteiger partial charge on any atom is 0.308 e. The highest BCUT2D eigenvalue weighted by Gasteiger charge is 2.18. The van der Waals surface area contributed by atoms with Crippen LogP contribution in [0.15, 0.2) is 18.2 Å². The third-order valence-corrected chi connectivity index (χ3v) is 3.36. The summed E-state index contributed by atoms with van der Waals surface area (Å²) < 4.78 is 10.9. The molecular weight excluding hydrogens is 274 g/mol. The lowest BCUT2D eigenvalue weighted by Crippen LogP contribution is -2.34. The molecule has 6 nitrogen and oxygen atoms in total. The second-order valence-corrected chi connectivity index (χ2v) is 5.17. The number of rotatable bonds is 5. The van der Waals surface area contributed by atoms with Gasteiger partial charge in [-0.3, -0.25) is 9.59 Å². The molecule has 0 aromatic heterocycles. The van der Waals surface area contributed by atoms with Gasteiger partial charge in [0.15, 0.2) is 11.5 Å². The summed E-state index contributed by atoms with van der Waals surface area (Å²) in [5, 5.41) is 8.87. The molecule has 1 N–H and O–H groups in total. The molecule has 114 valence electrons. The Hall–Kier alpha value is -2.24. The summed E-state index contributed by atoms with van der Waals surface area (Å²) in [6.07, 6.45) is 0.208. The number of fused-ring (bicyclic) bond motifs is 1. The first-order valence-electron chi connectivity index (χ1n) is 6.82. The number of hydrogen-bond donors (Lipinski definition) is 1. The number of benzene rings is 1. The fourth-order valence-electron chi connectivity index (χ4n) is 2.10. The number of ether oxygens (including phenoxy) is 2. The minimum atomic E-state index is -0.908. The Labute approximate surface area is 123 Å². The number of carbonyl (C=O) groups excluding carboxylic acids is 1. The van der Waals surface area contributed by atoms with Gasteiger partial charge in [0.1, 0.15) is 13.2 Å². The van der Waals surface area contributed by atoms with Crippen LogP contribution in [0.1, 0.15) is 12.5 Å². The average Bonchev–Trinajstić information content (AvgIpc) is 2.46. The number of nitrogens with zero attached hydrogens (tertiary/aromatic N) is 1. The van der Waals surface area contributed by atoms with Gasteiger partial charge in [0.05, 0.1) is 12.3 Å². The number of amides is 1. The number of carbonyl (C=O) groups is 2. The molecule has 0 radical (unpaired) electrons. The summed E-state index contributed by atoms with van der Waals surface area (Å²) in [5.74, 6) is -0.286. The van der Waals surface area contributed by atoms with Crippen LogP contribution in [-0.2, 0) is 16.0 Å². The standard InChI is InChI=1S/C15H19NO5/c1-10(15(18)19)9-16(2)14(17)8-11-3-4-12-13(7-11)21-6-5-20-12/h3-4,7,10H,5-6,8-9H2,1-2H3,(H,18,19). The van der Waals surface area contributed by atoms with Crippen molar-refractivity contribution >= 4 is 11.9 Å². The van der Waals surface area contributed by atoms with Crippen molar-refractivity contribution in [2.75, 3.05) is 26.8 Å². The summed E-state index contributed by atoms with van der Waals surface area (Å²) in [6, 6.07) is 5.40. The van der Waals surface area contributed by atoms with E-state index in [0.29, 0.717) is 24.7 Å². The van der Waals surface area contributed by atoms with Crippen molar-refractivity contribution in [1.82, 2.24) is 4.90 Å². The van der Waals surface area contributed by atoms with Crippen LogP contribution in [-0.4, -0.2) is 48.7 Å². The summed E-state index contributed by atoms with van der Waals surface area (Å²) in [5.41, 5.74) is 0.819. The highest BCUT2D eigenvalue weighted by molar-refractivity contribution is 5.79. The van der Waals surface area contributed by atoms with Gasteiger partial charge in [-0.2, -0.15) is 0 Å². The fraction of sp³-hybridized carbons (Fsp3) is 0.467. The van der Waals surface area contributed by atoms with Gasteiger partial charge in [-0.1, -0.05) is 13.0 Å². The zero-order valence-electron chi connectivity index (χ0n) is 12.2. The Morgan fingerprint density at radius 3 is 2.62 bits per heavy atom. The Kier molecular flexibility index (Phi) is 4.67. The third kappa shape index (κ3) is 3.87. The molecule has 21 heavy (non-hydrogen) atoms. The van der Waals surface area contributed by atoms with Crippen LogP contribution in [0.5, 0.6) is 11.5 Å². The van der Waals surface area contributed by atoms with Crippen LogP contribution < -0.4 is 9.47 Å². The molecule has 1 aromatic carbocycles. The van der Waals surface area contributed by atoms with E-state index in [0.717, 1.165) is 5.56 Å². The van der Waals surface area contributed by atoms with Gasteiger partial charge in [-0.05, 0) is 17.7 Å². The topological polar surface area (TPSA) is 76.1 Å². The molecule has 1 unspecified atom stereocenters. The number of likely N-dealkylation sites (N-methyl/N-ethyl adjacent to an activating group) is 1. The summed E-state index contributed by atoms with van der Waals surface area (Å²) in [4.78, 5) is 24.3. The molecule has 0 aliphatic carbocycles. The maximum atomic E-state index is 12.1. The average molecular weight is 293 g/mol. The predicted molar refractivity (Wildman–Crippen MR) is 75.6 cm³/mol. The summed E-state index contributed by atoms with van der Waals surface area (Å²) in [7, 11) is 1.61. The van der Waals surface area contributed by atoms with Crippen molar-refractivity contribution in [3.05, 3.63) is 23.8 Å². The van der Waals surface area contributed by atoms with Crippen LogP contribution in [0, 0.1) is 5.92 Å². The molecule has 0 fully saturated rings. The SMILES string of the molecule is CC(CN(C)C(=O)Cc1ccc2c(c1)OCCO2)C(=O)O. The zero-order chi connectivity index (χ0) is 15.4. The molecule has 0 bridgehead atoms. The van der Waals surface area contributed by atoms with Crippen LogP contribution >= 0.6 is 0 Å². The van der Waals surface area contributed by atoms with Gasteiger partial charge in [-0.15, -0.1) is 0 Å². The van der Waals surface area contributed by atoms with Gasteiger partial charge in [0.25, 0.3) is 0 Å². The van der Waals surface area contributed by atoms with Crippen molar-refractivity contribution in [3.63, 3.8) is 0 Å². The summed E-state index contributed by atoms with van der Waals surface area (Å²) >= 11 is 0. The monoisotopic (exact) mass is 293 g/mol. The molecule has 0 spiro atoms. The minimum absolute atomic E-state index is 0.125. The first-order chi connectivity index (χ1) is 9.97. The van der Waals surface area contributed by atoms with Crippen LogP contribution in [0.3, 0.4) is 0 Å². The van der Waals surface area contributed by atoms with Crippen LogP contribution in [0.25, 0.3) is 0 Å². The summed E-state index contributed by atoms with van der Waals surface area (Å²) in [6.45, 7) is 2.80. The predicted octanol–water partition coefficient (Wildman–Crippen LogP) is 1.18. The van der Waals surface area contributed by atoms with Crippen molar-refractivity contribution < 1.29 is 24.2 Å². The molecular formula is C15H19NO5. The van der Waals surface area contributed by atoms with Crippen LogP contribution in [0.4, 0.5) is 0 Å². The molecule has 1 aliphatic heterocycles. The first kappa shape index (κ1) is 15.2. The van der Waals surface area contributed by atoms with Crippen molar-refractivity contribution in [2.24, 2.45) is 5.92 Å².